The Morgan fingerprint density at radius 3 is 2.54 bits per heavy atom. The number of carbonyl (C=O) groups is 1. The summed E-state index contributed by atoms with van der Waals surface area (Å²) in [5, 5.41) is 2.01. The Balaban J connectivity index is 2.73. The standard InChI is InChI=1S/C18H22F2NO4P/c1-4-6-12-16(5-2)25-26(23,18(3,19)20)21-13-17(22)24-14-15-10-8-7-9-11-15/h4-12H,2,13-14H2,1,3H3,(H,21,23)/b6-4-,16-12+. The first kappa shape index (κ1) is 21.8. The van der Waals surface area contributed by atoms with Gasteiger partial charge in [-0.1, -0.05) is 49.1 Å². The Morgan fingerprint density at radius 1 is 1.35 bits per heavy atom. The van der Waals surface area contributed by atoms with Crippen LogP contribution in [0.5, 0.6) is 0 Å². The summed E-state index contributed by atoms with van der Waals surface area (Å²) in [5.74, 6) is -0.947. The summed E-state index contributed by atoms with van der Waals surface area (Å²) < 4.78 is 50.1. The number of carbonyl (C=O) groups excluding carboxylic acids is 1. The Labute approximate surface area is 151 Å². The number of benzene rings is 1. The average Bonchev–Trinajstić information content (AvgIpc) is 2.61. The molecule has 0 radical (unpaired) electrons. The smallest absolute Gasteiger partial charge is 0.385 e. The maximum atomic E-state index is 13.8. The molecule has 0 saturated heterocycles. The van der Waals surface area contributed by atoms with Crippen molar-refractivity contribution in [2.45, 2.75) is 26.1 Å². The van der Waals surface area contributed by atoms with Crippen molar-refractivity contribution in [1.29, 1.82) is 0 Å². The molecule has 142 valence electrons. The van der Waals surface area contributed by atoms with Gasteiger partial charge in [-0.25, -0.2) is 5.09 Å². The first-order chi connectivity index (χ1) is 12.2. The highest BCUT2D eigenvalue weighted by Gasteiger charge is 2.49. The van der Waals surface area contributed by atoms with Crippen molar-refractivity contribution in [2.24, 2.45) is 0 Å². The van der Waals surface area contributed by atoms with E-state index in [1.54, 1.807) is 37.3 Å². The molecule has 0 fully saturated rings. The molecule has 1 unspecified atom stereocenters. The number of nitrogens with one attached hydrogen (secondary N) is 1. The number of alkyl halides is 2. The van der Waals surface area contributed by atoms with Gasteiger partial charge in [0.25, 0.3) is 0 Å². The lowest BCUT2D eigenvalue weighted by Crippen LogP contribution is -2.30. The van der Waals surface area contributed by atoms with Crippen LogP contribution in [0.4, 0.5) is 8.78 Å². The predicted molar refractivity (Wildman–Crippen MR) is 96.6 cm³/mol. The van der Waals surface area contributed by atoms with Gasteiger partial charge >= 0.3 is 19.2 Å². The summed E-state index contributed by atoms with van der Waals surface area (Å²) in [5.41, 5.74) is -2.98. The van der Waals surface area contributed by atoms with Gasteiger partial charge in [0.1, 0.15) is 18.9 Å². The number of hydrogen-bond donors (Lipinski definition) is 1. The second-order valence-electron chi connectivity index (χ2n) is 5.26. The summed E-state index contributed by atoms with van der Waals surface area (Å²) >= 11 is 0. The van der Waals surface area contributed by atoms with Crippen LogP contribution in [0.15, 0.2) is 67.0 Å². The van der Waals surface area contributed by atoms with Crippen LogP contribution in [0.3, 0.4) is 0 Å². The molecule has 0 aliphatic carbocycles. The summed E-state index contributed by atoms with van der Waals surface area (Å²) in [6.45, 7) is 4.88. The zero-order valence-electron chi connectivity index (χ0n) is 14.7. The van der Waals surface area contributed by atoms with Crippen LogP contribution < -0.4 is 5.09 Å². The van der Waals surface area contributed by atoms with E-state index in [-0.39, 0.29) is 12.4 Å². The SMILES string of the molecule is C=C/C(=C\C=C/C)OP(=O)(NCC(=O)OCc1ccccc1)C(C)(F)F. The molecular weight excluding hydrogens is 363 g/mol. The zero-order valence-corrected chi connectivity index (χ0v) is 15.5. The lowest BCUT2D eigenvalue weighted by molar-refractivity contribution is -0.143. The molecule has 0 saturated carbocycles. The third-order valence-electron chi connectivity index (χ3n) is 3.08. The minimum absolute atomic E-state index is 0.0197. The molecule has 0 spiro atoms. The normalized spacial score (nSPS) is 14.7. The summed E-state index contributed by atoms with van der Waals surface area (Å²) in [6, 6.07) is 8.85. The van der Waals surface area contributed by atoms with E-state index in [2.05, 4.69) is 6.58 Å². The second kappa shape index (κ2) is 10.0. The van der Waals surface area contributed by atoms with Crippen molar-refractivity contribution in [2.75, 3.05) is 6.54 Å². The summed E-state index contributed by atoms with van der Waals surface area (Å²) in [4.78, 5) is 11.8. The van der Waals surface area contributed by atoms with E-state index in [9.17, 15) is 18.1 Å². The van der Waals surface area contributed by atoms with Crippen LogP contribution in [0.2, 0.25) is 0 Å². The fourth-order valence-electron chi connectivity index (χ4n) is 1.68. The Bertz CT molecular complexity index is 712. The fourth-order valence-corrected chi connectivity index (χ4v) is 2.96. The van der Waals surface area contributed by atoms with Crippen LogP contribution in [0.25, 0.3) is 0 Å². The van der Waals surface area contributed by atoms with Crippen LogP contribution in [0, 0.1) is 0 Å². The van der Waals surface area contributed by atoms with Crippen molar-refractivity contribution in [3.05, 3.63) is 72.5 Å². The molecule has 1 atom stereocenters. The van der Waals surface area contributed by atoms with E-state index < -0.39 is 25.7 Å². The van der Waals surface area contributed by atoms with Gasteiger partial charge < -0.3 is 9.26 Å². The van der Waals surface area contributed by atoms with E-state index in [0.717, 1.165) is 11.6 Å². The van der Waals surface area contributed by atoms with Crippen molar-refractivity contribution in [3.8, 4) is 0 Å². The highest BCUT2D eigenvalue weighted by molar-refractivity contribution is 7.58. The van der Waals surface area contributed by atoms with Crippen molar-refractivity contribution < 1.29 is 27.4 Å². The molecule has 0 aromatic heterocycles. The number of hydrogen-bond acceptors (Lipinski definition) is 4. The van der Waals surface area contributed by atoms with E-state index in [1.165, 1.54) is 12.2 Å². The Hall–Kier alpha value is -2.24. The Kier molecular flexibility index (Phi) is 8.42. The van der Waals surface area contributed by atoms with Gasteiger partial charge in [0.2, 0.25) is 0 Å². The second-order valence-corrected chi connectivity index (χ2v) is 7.65. The van der Waals surface area contributed by atoms with Crippen LogP contribution in [-0.4, -0.2) is 18.2 Å². The predicted octanol–water partition coefficient (Wildman–Crippen LogP) is 4.79. The van der Waals surface area contributed by atoms with Gasteiger partial charge in [-0.05, 0) is 24.6 Å². The first-order valence-electron chi connectivity index (χ1n) is 7.79. The van der Waals surface area contributed by atoms with Crippen molar-refractivity contribution >= 4 is 13.5 Å². The molecule has 1 N–H and O–H groups in total. The molecule has 5 nitrogen and oxygen atoms in total. The topological polar surface area (TPSA) is 64.6 Å². The van der Waals surface area contributed by atoms with Crippen molar-refractivity contribution in [3.63, 3.8) is 0 Å². The summed E-state index contributed by atoms with van der Waals surface area (Å²) in [7, 11) is -4.72. The molecule has 0 aliphatic heterocycles. The zero-order chi connectivity index (χ0) is 19.6. The van der Waals surface area contributed by atoms with Crippen LogP contribution in [-0.2, 0) is 25.2 Å². The molecule has 1 aromatic carbocycles. The van der Waals surface area contributed by atoms with Gasteiger partial charge in [0.05, 0.1) is 0 Å². The summed E-state index contributed by atoms with van der Waals surface area (Å²) in [6.07, 6.45) is 5.63. The minimum Gasteiger partial charge on any atom is -0.460 e. The van der Waals surface area contributed by atoms with Gasteiger partial charge in [0, 0.05) is 6.92 Å². The van der Waals surface area contributed by atoms with E-state index >= 15 is 0 Å². The van der Waals surface area contributed by atoms with Crippen molar-refractivity contribution in [1.82, 2.24) is 5.09 Å². The fraction of sp³-hybridized carbons (Fsp3) is 0.278. The highest BCUT2D eigenvalue weighted by atomic mass is 31.2. The van der Waals surface area contributed by atoms with E-state index in [1.807, 2.05) is 11.2 Å². The largest absolute Gasteiger partial charge is 0.460 e. The number of allylic oxidation sites excluding steroid dienone is 4. The molecular formula is C18H22F2NO4P. The number of ether oxygens (including phenoxy) is 1. The molecule has 0 amide bonds. The monoisotopic (exact) mass is 385 g/mol. The maximum absolute atomic E-state index is 13.8. The minimum atomic E-state index is -4.72. The number of halogens is 2. The van der Waals surface area contributed by atoms with Crippen LogP contribution >= 0.6 is 7.52 Å². The van der Waals surface area contributed by atoms with Gasteiger partial charge in [-0.15, -0.1) is 0 Å². The van der Waals surface area contributed by atoms with Gasteiger partial charge in [-0.2, -0.15) is 8.78 Å². The van der Waals surface area contributed by atoms with E-state index in [4.69, 9.17) is 9.26 Å². The molecule has 0 bridgehead atoms. The first-order valence-corrected chi connectivity index (χ1v) is 9.42. The maximum Gasteiger partial charge on any atom is 0.385 e. The molecule has 8 heteroatoms. The Morgan fingerprint density at radius 2 is 2.00 bits per heavy atom. The lowest BCUT2D eigenvalue weighted by atomic mass is 10.2. The highest BCUT2D eigenvalue weighted by Crippen LogP contribution is 2.58. The third kappa shape index (κ3) is 6.94. The molecule has 26 heavy (non-hydrogen) atoms. The number of rotatable bonds is 10. The van der Waals surface area contributed by atoms with Crippen LogP contribution in [0.1, 0.15) is 19.4 Å². The molecule has 1 rings (SSSR count). The lowest BCUT2D eigenvalue weighted by Gasteiger charge is -2.25. The molecule has 1 aromatic rings. The van der Waals surface area contributed by atoms with E-state index in [0.29, 0.717) is 6.92 Å². The third-order valence-corrected chi connectivity index (χ3v) is 5.16. The van der Waals surface area contributed by atoms with Gasteiger partial charge in [0.15, 0.2) is 0 Å². The molecule has 0 heterocycles. The average molecular weight is 385 g/mol. The van der Waals surface area contributed by atoms with Gasteiger partial charge in [-0.3, -0.25) is 9.36 Å². The molecule has 0 aliphatic rings. The quantitative estimate of drug-likeness (QED) is 0.272. The number of esters is 1.